The summed E-state index contributed by atoms with van der Waals surface area (Å²) in [5.41, 5.74) is 0.684. The minimum Gasteiger partial charge on any atom is -0.484 e. The quantitative estimate of drug-likeness (QED) is 0.368. The highest BCUT2D eigenvalue weighted by atomic mass is 32.1. The van der Waals surface area contributed by atoms with Crippen LogP contribution in [0.5, 0.6) is 5.75 Å². The molecule has 0 aliphatic rings. The van der Waals surface area contributed by atoms with E-state index in [9.17, 15) is 19.3 Å². The fraction of sp³-hybridized carbons (Fsp3) is 0.111. The summed E-state index contributed by atoms with van der Waals surface area (Å²) in [7, 11) is 0. The Kier molecular flexibility index (Phi) is 5.41. The van der Waals surface area contributed by atoms with E-state index in [1.165, 1.54) is 47.7 Å². The number of carbonyl (C=O) groups excluding carboxylic acids is 1. The maximum absolute atomic E-state index is 12.9. The molecule has 0 atom stereocenters. The summed E-state index contributed by atoms with van der Waals surface area (Å²) in [6, 6.07) is 9.75. The molecule has 0 unspecified atom stereocenters. The fourth-order valence-corrected chi connectivity index (χ4v) is 3.47. The highest BCUT2D eigenvalue weighted by Crippen LogP contribution is 2.23. The Morgan fingerprint density at radius 2 is 2.07 bits per heavy atom. The number of carbonyl (C=O) groups is 1. The van der Waals surface area contributed by atoms with Crippen LogP contribution in [0.1, 0.15) is 0 Å². The van der Waals surface area contributed by atoms with Crippen molar-refractivity contribution in [2.45, 2.75) is 6.54 Å². The van der Waals surface area contributed by atoms with E-state index in [1.807, 2.05) is 0 Å². The first kappa shape index (κ1) is 18.5. The zero-order valence-corrected chi connectivity index (χ0v) is 14.8. The van der Waals surface area contributed by atoms with Gasteiger partial charge in [-0.05, 0) is 30.3 Å². The van der Waals surface area contributed by atoms with Crippen LogP contribution >= 0.6 is 11.3 Å². The van der Waals surface area contributed by atoms with E-state index in [4.69, 9.17) is 4.74 Å². The summed E-state index contributed by atoms with van der Waals surface area (Å²) in [6.45, 7) is 3.77. The van der Waals surface area contributed by atoms with Crippen LogP contribution in [-0.4, -0.2) is 22.0 Å². The molecular weight excluding hydrogens is 373 g/mol. The molecule has 0 fully saturated rings. The number of halogens is 1. The van der Waals surface area contributed by atoms with Gasteiger partial charge in [-0.3, -0.25) is 14.9 Å². The Bertz CT molecular complexity index is 1090. The molecule has 0 aliphatic heterocycles. The average Bonchev–Trinajstić information content (AvgIpc) is 2.98. The van der Waals surface area contributed by atoms with Gasteiger partial charge >= 0.3 is 0 Å². The Labute approximate surface area is 156 Å². The normalized spacial score (nSPS) is 11.5. The predicted molar refractivity (Wildman–Crippen MR) is 99.1 cm³/mol. The summed E-state index contributed by atoms with van der Waals surface area (Å²) >= 11 is 1.17. The number of fused-ring (bicyclic) bond motifs is 1. The molecule has 1 aromatic heterocycles. The van der Waals surface area contributed by atoms with Crippen molar-refractivity contribution < 1.29 is 18.8 Å². The van der Waals surface area contributed by atoms with Gasteiger partial charge in [0, 0.05) is 18.7 Å². The monoisotopic (exact) mass is 387 g/mol. The molecule has 0 aliphatic carbocycles. The van der Waals surface area contributed by atoms with Crippen molar-refractivity contribution in [2.24, 2.45) is 4.99 Å². The molecule has 3 rings (SSSR count). The van der Waals surface area contributed by atoms with Gasteiger partial charge in [-0.1, -0.05) is 17.4 Å². The molecule has 3 aromatic rings. The van der Waals surface area contributed by atoms with Gasteiger partial charge in [0.05, 0.1) is 15.1 Å². The van der Waals surface area contributed by atoms with E-state index in [0.29, 0.717) is 21.8 Å². The van der Waals surface area contributed by atoms with Crippen molar-refractivity contribution in [3.05, 3.63) is 75.9 Å². The number of hydrogen-bond acceptors (Lipinski definition) is 5. The summed E-state index contributed by atoms with van der Waals surface area (Å²) in [4.78, 5) is 27.1. The van der Waals surface area contributed by atoms with Crippen molar-refractivity contribution in [1.82, 2.24) is 4.57 Å². The van der Waals surface area contributed by atoms with E-state index in [2.05, 4.69) is 11.6 Å². The van der Waals surface area contributed by atoms with Crippen molar-refractivity contribution in [1.29, 1.82) is 0 Å². The van der Waals surface area contributed by atoms with Crippen molar-refractivity contribution >= 4 is 33.1 Å². The number of nitro benzene ring substituents is 1. The number of rotatable bonds is 6. The van der Waals surface area contributed by atoms with Crippen LogP contribution in [0.4, 0.5) is 10.1 Å². The highest BCUT2D eigenvalue weighted by Gasteiger charge is 2.12. The maximum atomic E-state index is 12.9. The molecule has 0 saturated heterocycles. The molecular formula is C18H14FN3O4S. The van der Waals surface area contributed by atoms with E-state index < -0.39 is 16.6 Å². The topological polar surface area (TPSA) is 86.7 Å². The van der Waals surface area contributed by atoms with Gasteiger partial charge in [0.2, 0.25) is 0 Å². The predicted octanol–water partition coefficient (Wildman–Crippen LogP) is 3.44. The SMILES string of the molecule is C=CCn1c(=NC(=O)COc2ccc(F)cc2)sc2cc([N+](=O)[O-])ccc21. The number of thiazole rings is 1. The number of non-ortho nitro benzene ring substituents is 1. The van der Waals surface area contributed by atoms with Crippen molar-refractivity contribution in [2.75, 3.05) is 6.61 Å². The first-order valence-corrected chi connectivity index (χ1v) is 8.64. The molecule has 2 aromatic carbocycles. The summed E-state index contributed by atoms with van der Waals surface area (Å²) < 4.78 is 20.6. The van der Waals surface area contributed by atoms with Crippen molar-refractivity contribution in [3.8, 4) is 5.75 Å². The number of nitrogens with zero attached hydrogens (tertiary/aromatic N) is 3. The largest absolute Gasteiger partial charge is 0.484 e. The number of nitro groups is 1. The molecule has 9 heteroatoms. The molecule has 138 valence electrons. The fourth-order valence-electron chi connectivity index (χ4n) is 2.38. The lowest BCUT2D eigenvalue weighted by atomic mass is 10.3. The minimum absolute atomic E-state index is 0.0352. The highest BCUT2D eigenvalue weighted by molar-refractivity contribution is 7.16. The van der Waals surface area contributed by atoms with E-state index in [1.54, 1.807) is 16.7 Å². The van der Waals surface area contributed by atoms with Crippen LogP contribution in [0.15, 0.2) is 60.1 Å². The second-order valence-electron chi connectivity index (χ2n) is 5.44. The summed E-state index contributed by atoms with van der Waals surface area (Å²) in [5.74, 6) is -0.577. The smallest absolute Gasteiger partial charge is 0.286 e. The number of hydrogen-bond donors (Lipinski definition) is 0. The number of ether oxygens (including phenoxy) is 1. The molecule has 0 saturated carbocycles. The number of amides is 1. The second-order valence-corrected chi connectivity index (χ2v) is 6.45. The number of allylic oxidation sites excluding steroid dienone is 1. The average molecular weight is 387 g/mol. The molecule has 1 heterocycles. The third-order valence-electron chi connectivity index (χ3n) is 3.59. The van der Waals surface area contributed by atoms with Crippen LogP contribution in [0.2, 0.25) is 0 Å². The molecule has 0 spiro atoms. The Hall–Kier alpha value is -3.33. The summed E-state index contributed by atoms with van der Waals surface area (Å²) in [6.07, 6.45) is 1.64. The third-order valence-corrected chi connectivity index (χ3v) is 4.63. The first-order chi connectivity index (χ1) is 13.0. The molecule has 0 bridgehead atoms. The van der Waals surface area contributed by atoms with E-state index >= 15 is 0 Å². The van der Waals surface area contributed by atoms with Crippen LogP contribution < -0.4 is 9.54 Å². The van der Waals surface area contributed by atoms with Gasteiger partial charge in [0.25, 0.3) is 11.6 Å². The Balaban J connectivity index is 1.89. The third kappa shape index (κ3) is 4.26. The standard InChI is InChI=1S/C18H14FN3O4S/c1-2-9-21-15-8-5-13(22(24)25)10-16(15)27-18(21)20-17(23)11-26-14-6-3-12(19)4-7-14/h2-8,10H,1,9,11H2. The van der Waals surface area contributed by atoms with Crippen LogP contribution in [0.25, 0.3) is 10.2 Å². The van der Waals surface area contributed by atoms with Gasteiger partial charge in [-0.25, -0.2) is 4.39 Å². The zero-order chi connectivity index (χ0) is 19.4. The van der Waals surface area contributed by atoms with Gasteiger partial charge < -0.3 is 9.30 Å². The molecule has 7 nitrogen and oxygen atoms in total. The molecule has 0 N–H and O–H groups in total. The molecule has 27 heavy (non-hydrogen) atoms. The van der Waals surface area contributed by atoms with Gasteiger partial charge in [0.15, 0.2) is 11.4 Å². The van der Waals surface area contributed by atoms with Crippen LogP contribution in [-0.2, 0) is 11.3 Å². The second kappa shape index (κ2) is 7.92. The van der Waals surface area contributed by atoms with Crippen molar-refractivity contribution in [3.63, 3.8) is 0 Å². The Morgan fingerprint density at radius 1 is 1.33 bits per heavy atom. The first-order valence-electron chi connectivity index (χ1n) is 7.82. The van der Waals surface area contributed by atoms with Crippen LogP contribution in [0, 0.1) is 15.9 Å². The maximum Gasteiger partial charge on any atom is 0.286 e. The zero-order valence-electron chi connectivity index (χ0n) is 14.0. The molecule has 1 amide bonds. The van der Waals surface area contributed by atoms with Gasteiger partial charge in [-0.2, -0.15) is 4.99 Å². The minimum atomic E-state index is -0.529. The Morgan fingerprint density at radius 3 is 2.74 bits per heavy atom. The van der Waals surface area contributed by atoms with E-state index in [-0.39, 0.29) is 12.3 Å². The lowest BCUT2D eigenvalue weighted by Gasteiger charge is -2.03. The summed E-state index contributed by atoms with van der Waals surface area (Å²) in [5, 5.41) is 11.0. The molecule has 0 radical (unpaired) electrons. The van der Waals surface area contributed by atoms with Gasteiger partial charge in [0.1, 0.15) is 11.6 Å². The van der Waals surface area contributed by atoms with Gasteiger partial charge in [-0.15, -0.1) is 6.58 Å². The lowest BCUT2D eigenvalue weighted by molar-refractivity contribution is -0.384. The lowest BCUT2D eigenvalue weighted by Crippen LogP contribution is -2.19. The van der Waals surface area contributed by atoms with E-state index in [0.717, 1.165) is 5.52 Å². The van der Waals surface area contributed by atoms with Crippen LogP contribution in [0.3, 0.4) is 0 Å². The number of aromatic nitrogens is 1. The number of benzene rings is 2.